The lowest BCUT2D eigenvalue weighted by Crippen LogP contribution is -2.10. The second-order valence-corrected chi connectivity index (χ2v) is 7.95. The monoisotopic (exact) mass is 446 g/mol. The van der Waals surface area contributed by atoms with Crippen molar-refractivity contribution in [3.8, 4) is 0 Å². The summed E-state index contributed by atoms with van der Waals surface area (Å²) in [5.74, 6) is 0. The van der Waals surface area contributed by atoms with E-state index >= 15 is 0 Å². The van der Waals surface area contributed by atoms with Gasteiger partial charge in [-0.1, -0.05) is 22.0 Å². The Labute approximate surface area is 140 Å². The molecule has 1 heterocycles. The first-order valence-electron chi connectivity index (χ1n) is 5.46. The Kier molecular flexibility index (Phi) is 4.89. The van der Waals surface area contributed by atoms with Crippen molar-refractivity contribution in [3.63, 3.8) is 0 Å². The van der Waals surface area contributed by atoms with Gasteiger partial charge in [0.2, 0.25) is 0 Å². The van der Waals surface area contributed by atoms with E-state index in [1.807, 2.05) is 6.92 Å². The van der Waals surface area contributed by atoms with Crippen molar-refractivity contribution in [2.45, 2.75) is 18.5 Å². The van der Waals surface area contributed by atoms with E-state index in [2.05, 4.69) is 31.9 Å². The Morgan fingerprint density at radius 2 is 1.85 bits per heavy atom. The summed E-state index contributed by atoms with van der Waals surface area (Å²) in [7, 11) is 0. The standard InChI is InChI=1S/C13H8Br2ClF3S/c1-6-4-10(20-12(6)15)11(16)8-3-2-7(14)5-9(8)13(17,18)19/h2-5,11H,1H3. The van der Waals surface area contributed by atoms with Crippen molar-refractivity contribution in [3.05, 3.63) is 54.1 Å². The second kappa shape index (κ2) is 5.99. The van der Waals surface area contributed by atoms with E-state index in [0.717, 1.165) is 15.4 Å². The quantitative estimate of drug-likeness (QED) is 0.437. The largest absolute Gasteiger partial charge is 0.416 e. The van der Waals surface area contributed by atoms with E-state index in [9.17, 15) is 13.2 Å². The van der Waals surface area contributed by atoms with Gasteiger partial charge in [0.25, 0.3) is 0 Å². The average molecular weight is 449 g/mol. The molecule has 0 amide bonds. The Morgan fingerprint density at radius 1 is 1.20 bits per heavy atom. The minimum atomic E-state index is -4.43. The van der Waals surface area contributed by atoms with Gasteiger partial charge in [0.15, 0.2) is 0 Å². The van der Waals surface area contributed by atoms with E-state index in [-0.39, 0.29) is 5.56 Å². The summed E-state index contributed by atoms with van der Waals surface area (Å²) in [4.78, 5) is 0.684. The summed E-state index contributed by atoms with van der Waals surface area (Å²) >= 11 is 14.0. The Bertz CT molecular complexity index is 618. The van der Waals surface area contributed by atoms with Crippen molar-refractivity contribution < 1.29 is 13.2 Å². The first-order valence-corrected chi connectivity index (χ1v) is 8.30. The first-order chi connectivity index (χ1) is 9.20. The predicted octanol–water partition coefficient (Wildman–Crippen LogP) is 6.93. The van der Waals surface area contributed by atoms with E-state index in [0.29, 0.717) is 9.35 Å². The highest BCUT2D eigenvalue weighted by molar-refractivity contribution is 9.11. The van der Waals surface area contributed by atoms with Gasteiger partial charge in [-0.05, 0) is 52.2 Å². The number of rotatable bonds is 2. The normalized spacial score (nSPS) is 13.6. The fourth-order valence-electron chi connectivity index (χ4n) is 1.76. The number of halogens is 6. The van der Waals surface area contributed by atoms with Crippen molar-refractivity contribution in [1.82, 2.24) is 0 Å². The van der Waals surface area contributed by atoms with Crippen LogP contribution < -0.4 is 0 Å². The molecular weight excluding hydrogens is 440 g/mol. The second-order valence-electron chi connectivity index (χ2n) is 4.20. The van der Waals surface area contributed by atoms with Gasteiger partial charge >= 0.3 is 6.18 Å². The Morgan fingerprint density at radius 3 is 2.35 bits per heavy atom. The molecule has 0 aliphatic heterocycles. The molecule has 0 saturated heterocycles. The zero-order valence-corrected chi connectivity index (χ0v) is 14.8. The van der Waals surface area contributed by atoms with Gasteiger partial charge in [-0.25, -0.2) is 0 Å². The number of benzene rings is 1. The lowest BCUT2D eigenvalue weighted by Gasteiger charge is -2.16. The molecule has 108 valence electrons. The zero-order chi connectivity index (χ0) is 15.1. The number of alkyl halides is 4. The van der Waals surface area contributed by atoms with Crippen LogP contribution in [0.15, 0.2) is 32.5 Å². The highest BCUT2D eigenvalue weighted by Gasteiger charge is 2.35. The molecule has 1 aromatic heterocycles. The van der Waals surface area contributed by atoms with E-state index in [1.54, 1.807) is 12.1 Å². The summed E-state index contributed by atoms with van der Waals surface area (Å²) < 4.78 is 40.6. The van der Waals surface area contributed by atoms with Crippen LogP contribution in [0, 0.1) is 6.92 Å². The molecule has 1 aromatic carbocycles. The van der Waals surface area contributed by atoms with Crippen LogP contribution in [0.1, 0.15) is 26.9 Å². The van der Waals surface area contributed by atoms with Crippen molar-refractivity contribution >= 4 is 54.8 Å². The maximum atomic E-state index is 13.1. The lowest BCUT2D eigenvalue weighted by molar-refractivity contribution is -0.138. The molecule has 1 atom stereocenters. The van der Waals surface area contributed by atoms with Crippen molar-refractivity contribution in [2.75, 3.05) is 0 Å². The van der Waals surface area contributed by atoms with Crippen LogP contribution in [0.3, 0.4) is 0 Å². The van der Waals surface area contributed by atoms with Gasteiger partial charge in [-0.3, -0.25) is 0 Å². The maximum Gasteiger partial charge on any atom is 0.416 e. The van der Waals surface area contributed by atoms with E-state index in [1.165, 1.54) is 17.4 Å². The summed E-state index contributed by atoms with van der Waals surface area (Å²) in [5, 5.41) is -0.824. The summed E-state index contributed by atoms with van der Waals surface area (Å²) in [6, 6.07) is 5.83. The van der Waals surface area contributed by atoms with E-state index < -0.39 is 17.1 Å². The number of thiophene rings is 1. The Balaban J connectivity index is 2.52. The van der Waals surface area contributed by atoms with Crippen LogP contribution in [-0.2, 0) is 6.18 Å². The first kappa shape index (κ1) is 16.3. The predicted molar refractivity (Wildman–Crippen MR) is 83.6 cm³/mol. The molecule has 0 fully saturated rings. The van der Waals surface area contributed by atoms with Crippen LogP contribution in [0.4, 0.5) is 13.2 Å². The molecule has 0 radical (unpaired) electrons. The van der Waals surface area contributed by atoms with Gasteiger partial charge in [0, 0.05) is 9.35 Å². The van der Waals surface area contributed by atoms with Crippen LogP contribution in [0.5, 0.6) is 0 Å². The van der Waals surface area contributed by atoms with Gasteiger partial charge in [-0.2, -0.15) is 13.2 Å². The molecule has 0 aliphatic rings. The molecule has 2 aromatic rings. The van der Waals surface area contributed by atoms with Crippen molar-refractivity contribution in [2.24, 2.45) is 0 Å². The molecule has 2 rings (SSSR count). The average Bonchev–Trinajstić information content (AvgIpc) is 2.67. The topological polar surface area (TPSA) is 0 Å². The number of aryl methyl sites for hydroxylation is 1. The zero-order valence-electron chi connectivity index (χ0n) is 10.1. The smallest absolute Gasteiger partial charge is 0.166 e. The molecule has 0 nitrogen and oxygen atoms in total. The summed E-state index contributed by atoms with van der Waals surface area (Å²) in [5.41, 5.74) is 0.312. The van der Waals surface area contributed by atoms with Crippen LogP contribution >= 0.6 is 54.8 Å². The lowest BCUT2D eigenvalue weighted by atomic mass is 10.0. The minimum absolute atomic E-state index is 0.0658. The molecule has 0 bridgehead atoms. The summed E-state index contributed by atoms with van der Waals surface area (Å²) in [6.45, 7) is 1.87. The molecule has 0 N–H and O–H groups in total. The highest BCUT2D eigenvalue weighted by atomic mass is 79.9. The molecule has 20 heavy (non-hydrogen) atoms. The molecule has 7 heteroatoms. The fraction of sp³-hybridized carbons (Fsp3) is 0.231. The summed E-state index contributed by atoms with van der Waals surface area (Å²) in [6.07, 6.45) is -4.43. The van der Waals surface area contributed by atoms with Gasteiger partial charge in [0.1, 0.15) is 0 Å². The van der Waals surface area contributed by atoms with Gasteiger partial charge in [0.05, 0.1) is 14.7 Å². The third-order valence-corrected chi connectivity index (χ3v) is 6.01. The van der Waals surface area contributed by atoms with Crippen LogP contribution in [0.25, 0.3) is 0 Å². The third-order valence-electron chi connectivity index (χ3n) is 2.72. The SMILES string of the molecule is Cc1cc(C(Cl)c2ccc(Br)cc2C(F)(F)F)sc1Br. The fourth-order valence-corrected chi connectivity index (χ4v) is 4.07. The maximum absolute atomic E-state index is 13.1. The van der Waals surface area contributed by atoms with Crippen LogP contribution in [0.2, 0.25) is 0 Å². The molecular formula is C13H8Br2ClF3S. The molecule has 0 aliphatic carbocycles. The molecule has 0 saturated carbocycles. The van der Waals surface area contributed by atoms with Crippen molar-refractivity contribution in [1.29, 1.82) is 0 Å². The van der Waals surface area contributed by atoms with Gasteiger partial charge in [-0.15, -0.1) is 22.9 Å². The third kappa shape index (κ3) is 3.40. The van der Waals surface area contributed by atoms with E-state index in [4.69, 9.17) is 11.6 Å². The van der Waals surface area contributed by atoms with Crippen LogP contribution in [-0.4, -0.2) is 0 Å². The van der Waals surface area contributed by atoms with Gasteiger partial charge < -0.3 is 0 Å². The Hall–Kier alpha value is -0.0400. The number of hydrogen-bond acceptors (Lipinski definition) is 1. The number of hydrogen-bond donors (Lipinski definition) is 0. The minimum Gasteiger partial charge on any atom is -0.166 e. The molecule has 1 unspecified atom stereocenters. The molecule has 0 spiro atoms. The highest BCUT2D eigenvalue weighted by Crippen LogP contribution is 2.43.